The van der Waals surface area contributed by atoms with Crippen molar-refractivity contribution in [2.24, 2.45) is 0 Å². The van der Waals surface area contributed by atoms with Crippen LogP contribution in [0, 0.1) is 6.92 Å². The van der Waals surface area contributed by atoms with Crippen LogP contribution in [-0.4, -0.2) is 17.4 Å². The van der Waals surface area contributed by atoms with Gasteiger partial charge in [-0.2, -0.15) is 0 Å². The summed E-state index contributed by atoms with van der Waals surface area (Å²) in [7, 11) is -3.66. The van der Waals surface area contributed by atoms with E-state index in [1.54, 1.807) is 42.6 Å². The van der Waals surface area contributed by atoms with Crippen LogP contribution in [0.4, 0.5) is 0 Å². The molecule has 102 valence electrons. The van der Waals surface area contributed by atoms with Gasteiger partial charge >= 0.3 is 0 Å². The second-order valence-electron chi connectivity index (χ2n) is 4.47. The van der Waals surface area contributed by atoms with Gasteiger partial charge in [-0.3, -0.25) is 0 Å². The Balaban J connectivity index is 2.29. The summed E-state index contributed by atoms with van der Waals surface area (Å²) in [5.41, 5.74) is 1.43. The molecule has 2 aromatic heterocycles. The molecule has 0 aliphatic carbocycles. The lowest BCUT2D eigenvalue weighted by Gasteiger charge is -2.08. The standard InChI is InChI=1S/C14H11BrN2O2S/c1-10-4-6-12(7-5-10)20(18,19)17-13(15)9-11-3-2-8-16-14(11)17/h2-9H,1H3. The molecule has 0 saturated heterocycles. The number of aromatic nitrogens is 2. The van der Waals surface area contributed by atoms with Gasteiger partial charge in [0.15, 0.2) is 5.65 Å². The van der Waals surface area contributed by atoms with Crippen LogP contribution < -0.4 is 0 Å². The summed E-state index contributed by atoms with van der Waals surface area (Å²) in [5.74, 6) is 0. The van der Waals surface area contributed by atoms with E-state index in [2.05, 4.69) is 20.9 Å². The Labute approximate surface area is 125 Å². The largest absolute Gasteiger partial charge is 0.270 e. The molecule has 0 spiro atoms. The molecule has 0 amide bonds. The minimum atomic E-state index is -3.66. The molecule has 3 aromatic rings. The summed E-state index contributed by atoms with van der Waals surface area (Å²) in [6.07, 6.45) is 1.58. The zero-order chi connectivity index (χ0) is 14.3. The number of pyridine rings is 1. The Morgan fingerprint density at radius 3 is 2.55 bits per heavy atom. The molecule has 1 aromatic carbocycles. The van der Waals surface area contributed by atoms with E-state index in [1.807, 2.05) is 13.0 Å². The van der Waals surface area contributed by atoms with E-state index in [-0.39, 0.29) is 4.90 Å². The molecule has 2 heterocycles. The molecule has 0 N–H and O–H groups in total. The normalized spacial score (nSPS) is 11.9. The van der Waals surface area contributed by atoms with Crippen LogP contribution in [0.25, 0.3) is 11.0 Å². The van der Waals surface area contributed by atoms with Gasteiger partial charge in [-0.15, -0.1) is 0 Å². The van der Waals surface area contributed by atoms with Crippen LogP contribution in [0.3, 0.4) is 0 Å². The average Bonchev–Trinajstić information content (AvgIpc) is 2.75. The molecule has 0 fully saturated rings. The van der Waals surface area contributed by atoms with E-state index in [4.69, 9.17) is 0 Å². The number of hydrogen-bond acceptors (Lipinski definition) is 3. The van der Waals surface area contributed by atoms with Crippen molar-refractivity contribution in [3.05, 3.63) is 58.8 Å². The predicted molar refractivity (Wildman–Crippen MR) is 81.2 cm³/mol. The van der Waals surface area contributed by atoms with E-state index >= 15 is 0 Å². The van der Waals surface area contributed by atoms with E-state index in [0.717, 1.165) is 10.9 Å². The maximum Gasteiger partial charge on any atom is 0.270 e. The number of nitrogens with zero attached hydrogens (tertiary/aromatic N) is 2. The number of fused-ring (bicyclic) bond motifs is 1. The smallest absolute Gasteiger partial charge is 0.237 e. The topological polar surface area (TPSA) is 52.0 Å². The number of halogens is 1. The zero-order valence-corrected chi connectivity index (χ0v) is 13.0. The monoisotopic (exact) mass is 350 g/mol. The fraction of sp³-hybridized carbons (Fsp3) is 0.0714. The Bertz CT molecular complexity index is 883. The van der Waals surface area contributed by atoms with Crippen LogP contribution in [-0.2, 0) is 10.0 Å². The summed E-state index contributed by atoms with van der Waals surface area (Å²) in [6, 6.07) is 12.1. The number of benzene rings is 1. The maximum atomic E-state index is 12.7. The fourth-order valence-corrected chi connectivity index (χ4v) is 4.36. The van der Waals surface area contributed by atoms with Gasteiger partial charge in [0.1, 0.15) is 4.60 Å². The summed E-state index contributed by atoms with van der Waals surface area (Å²) in [4.78, 5) is 4.41. The molecule has 0 aliphatic heterocycles. The third kappa shape index (κ3) is 2.05. The first-order valence-electron chi connectivity index (χ1n) is 5.94. The van der Waals surface area contributed by atoms with Crippen LogP contribution >= 0.6 is 15.9 Å². The van der Waals surface area contributed by atoms with Crippen LogP contribution in [0.1, 0.15) is 5.56 Å². The second-order valence-corrected chi connectivity index (χ2v) is 7.06. The highest BCUT2D eigenvalue weighted by Gasteiger charge is 2.22. The molecule has 0 radical (unpaired) electrons. The first-order chi connectivity index (χ1) is 9.50. The van der Waals surface area contributed by atoms with E-state index in [9.17, 15) is 8.42 Å². The lowest BCUT2D eigenvalue weighted by molar-refractivity contribution is 0.588. The summed E-state index contributed by atoms with van der Waals surface area (Å²) < 4.78 is 27.1. The van der Waals surface area contributed by atoms with Gasteiger partial charge in [0.25, 0.3) is 10.0 Å². The van der Waals surface area contributed by atoms with Gasteiger partial charge in [0.05, 0.1) is 4.90 Å². The highest BCUT2D eigenvalue weighted by atomic mass is 79.9. The predicted octanol–water partition coefficient (Wildman–Crippen LogP) is 3.34. The molecule has 0 aliphatic rings. The highest BCUT2D eigenvalue weighted by molar-refractivity contribution is 9.10. The molecule has 20 heavy (non-hydrogen) atoms. The fourth-order valence-electron chi connectivity index (χ4n) is 2.02. The summed E-state index contributed by atoms with van der Waals surface area (Å²) in [5, 5.41) is 0.773. The Morgan fingerprint density at radius 2 is 1.85 bits per heavy atom. The Hall–Kier alpha value is -1.66. The highest BCUT2D eigenvalue weighted by Crippen LogP contribution is 2.27. The summed E-state index contributed by atoms with van der Waals surface area (Å²) >= 11 is 3.30. The van der Waals surface area contributed by atoms with Crippen molar-refractivity contribution in [2.75, 3.05) is 0 Å². The number of aryl methyl sites for hydroxylation is 1. The van der Waals surface area contributed by atoms with Gasteiger partial charge < -0.3 is 0 Å². The molecule has 3 rings (SSSR count). The van der Waals surface area contributed by atoms with E-state index in [0.29, 0.717) is 10.3 Å². The first kappa shape index (κ1) is 13.3. The minimum Gasteiger partial charge on any atom is -0.237 e. The molecular formula is C14H11BrN2O2S. The average molecular weight is 351 g/mol. The lowest BCUT2D eigenvalue weighted by atomic mass is 10.2. The first-order valence-corrected chi connectivity index (χ1v) is 8.18. The molecule has 0 atom stereocenters. The molecule has 0 bridgehead atoms. The van der Waals surface area contributed by atoms with Crippen LogP contribution in [0.5, 0.6) is 0 Å². The molecule has 4 nitrogen and oxygen atoms in total. The van der Waals surface area contributed by atoms with Crippen molar-refractivity contribution < 1.29 is 8.42 Å². The minimum absolute atomic E-state index is 0.243. The van der Waals surface area contributed by atoms with Crippen molar-refractivity contribution in [1.29, 1.82) is 0 Å². The molecule has 0 unspecified atom stereocenters. The van der Waals surface area contributed by atoms with E-state index < -0.39 is 10.0 Å². The van der Waals surface area contributed by atoms with Crippen molar-refractivity contribution in [2.45, 2.75) is 11.8 Å². The summed E-state index contributed by atoms with van der Waals surface area (Å²) in [6.45, 7) is 1.92. The van der Waals surface area contributed by atoms with Crippen LogP contribution in [0.15, 0.2) is 58.2 Å². The van der Waals surface area contributed by atoms with Gasteiger partial charge in [-0.25, -0.2) is 17.4 Å². The number of hydrogen-bond donors (Lipinski definition) is 0. The molecule has 6 heteroatoms. The van der Waals surface area contributed by atoms with Crippen LogP contribution in [0.2, 0.25) is 0 Å². The third-order valence-corrected chi connectivity index (χ3v) is 5.57. The van der Waals surface area contributed by atoms with Gasteiger partial charge in [-0.1, -0.05) is 17.7 Å². The lowest BCUT2D eigenvalue weighted by Crippen LogP contribution is -2.13. The second kappa shape index (κ2) is 4.71. The maximum absolute atomic E-state index is 12.7. The SMILES string of the molecule is Cc1ccc(S(=O)(=O)n2c(Br)cc3cccnc32)cc1. The van der Waals surface area contributed by atoms with Crippen molar-refractivity contribution in [3.8, 4) is 0 Å². The third-order valence-electron chi connectivity index (χ3n) is 3.04. The Morgan fingerprint density at radius 1 is 1.15 bits per heavy atom. The Kier molecular flexibility index (Phi) is 3.14. The van der Waals surface area contributed by atoms with Crippen molar-refractivity contribution in [3.63, 3.8) is 0 Å². The molecular weight excluding hydrogens is 340 g/mol. The number of rotatable bonds is 2. The van der Waals surface area contributed by atoms with Gasteiger partial charge in [0.2, 0.25) is 0 Å². The van der Waals surface area contributed by atoms with Gasteiger partial charge in [0, 0.05) is 11.6 Å². The zero-order valence-electron chi connectivity index (χ0n) is 10.6. The van der Waals surface area contributed by atoms with Crippen molar-refractivity contribution >= 4 is 37.0 Å². The van der Waals surface area contributed by atoms with Crippen molar-refractivity contribution in [1.82, 2.24) is 8.96 Å². The van der Waals surface area contributed by atoms with Gasteiger partial charge in [-0.05, 0) is 53.2 Å². The quantitative estimate of drug-likeness (QED) is 0.712. The van der Waals surface area contributed by atoms with E-state index in [1.165, 1.54) is 3.97 Å². The molecule has 0 saturated carbocycles.